The van der Waals surface area contributed by atoms with Crippen molar-refractivity contribution < 1.29 is 14.7 Å². The van der Waals surface area contributed by atoms with E-state index >= 15 is 0 Å². The summed E-state index contributed by atoms with van der Waals surface area (Å²) < 4.78 is -2.06. The summed E-state index contributed by atoms with van der Waals surface area (Å²) in [5.74, 6) is -5.04. The molecule has 3 aliphatic carbocycles. The zero-order chi connectivity index (χ0) is 23.2. The lowest BCUT2D eigenvalue weighted by atomic mass is 9.77. The summed E-state index contributed by atoms with van der Waals surface area (Å²) in [4.78, 5) is 21.7. The summed E-state index contributed by atoms with van der Waals surface area (Å²) in [6.07, 6.45) is 0.727. The van der Waals surface area contributed by atoms with Gasteiger partial charge in [0, 0.05) is 5.69 Å². The number of amides is 1. The number of anilines is 1. The third-order valence-corrected chi connectivity index (χ3v) is 11.6. The van der Waals surface area contributed by atoms with Crippen molar-refractivity contribution in [3.63, 3.8) is 0 Å². The van der Waals surface area contributed by atoms with Gasteiger partial charge in [-0.25, -0.2) is 0 Å². The number of alkyl halides is 6. The number of hydrogen-bond donors (Lipinski definition) is 2. The van der Waals surface area contributed by atoms with E-state index in [-0.39, 0.29) is 0 Å². The number of nitrogens with one attached hydrogen (secondary N) is 1. The number of carbonyl (C=O) groups excluding carboxylic acids is 1. The fourth-order valence-electron chi connectivity index (χ4n) is 5.39. The molecule has 2 bridgehead atoms. The van der Waals surface area contributed by atoms with Gasteiger partial charge in [0.2, 0.25) is 5.91 Å². The molecule has 2 aromatic carbocycles. The number of fused-ring (bicyclic) bond motifs is 5. The normalized spacial score (nSPS) is 35.9. The average molecular weight is 554 g/mol. The topological polar surface area (TPSA) is 66.4 Å². The van der Waals surface area contributed by atoms with Crippen LogP contribution in [0.1, 0.15) is 11.1 Å². The van der Waals surface area contributed by atoms with Crippen LogP contribution in [0.15, 0.2) is 42.5 Å². The Morgan fingerprint density at radius 3 is 2.12 bits per heavy atom. The largest absolute Gasteiger partial charge is 0.481 e. The van der Waals surface area contributed by atoms with Crippen molar-refractivity contribution in [3.8, 4) is 11.1 Å². The molecule has 4 nitrogen and oxygen atoms in total. The van der Waals surface area contributed by atoms with Crippen molar-refractivity contribution in [2.75, 3.05) is 5.32 Å². The lowest BCUT2D eigenvalue weighted by molar-refractivity contribution is -0.147. The molecule has 0 heterocycles. The summed E-state index contributed by atoms with van der Waals surface area (Å²) in [6.45, 7) is 0. The summed E-state index contributed by atoms with van der Waals surface area (Å²) in [5, 5.41) is 10.4. The number of rotatable bonds is 3. The number of benzene rings is 2. The molecule has 2 N–H and O–H groups in total. The third kappa shape index (κ3) is 2.66. The van der Waals surface area contributed by atoms with E-state index in [9.17, 15) is 14.7 Å². The Labute approximate surface area is 214 Å². The Kier molecular flexibility index (Phi) is 5.23. The van der Waals surface area contributed by atoms with Crippen LogP contribution in [0.3, 0.4) is 0 Å². The monoisotopic (exact) mass is 551 g/mol. The van der Waals surface area contributed by atoms with Crippen LogP contribution in [0, 0.1) is 11.8 Å². The number of aliphatic carboxylic acids is 1. The molecule has 32 heavy (non-hydrogen) atoms. The molecule has 0 aromatic heterocycles. The van der Waals surface area contributed by atoms with Gasteiger partial charge in [0.25, 0.3) is 0 Å². The molecule has 0 aliphatic heterocycles. The zero-order valence-corrected chi connectivity index (χ0v) is 20.6. The summed E-state index contributed by atoms with van der Waals surface area (Å²) in [6, 6.07) is 13.6. The molecule has 2 fully saturated rings. The van der Waals surface area contributed by atoms with E-state index < -0.39 is 48.5 Å². The standard InChI is InChI=1S/C22H15Cl6NO3/c23-16-17(24)21(26)15(19(31)32)14(20(16,25)22(21,27)28)18(30)29-11-5-6-13-10(8-11)7-9-3-1-2-4-12(9)13/h1-6,8,14-17H,7H2,(H,29,30)(H,31,32). The fraction of sp³-hybridized carbons (Fsp3) is 0.364. The van der Waals surface area contributed by atoms with Crippen LogP contribution in [0.4, 0.5) is 5.69 Å². The number of halogens is 6. The molecule has 3 aliphatic rings. The molecular formula is C22H15Cl6NO3. The highest BCUT2D eigenvalue weighted by molar-refractivity contribution is 6.63. The lowest BCUT2D eigenvalue weighted by Gasteiger charge is -2.39. The molecule has 0 saturated heterocycles. The van der Waals surface area contributed by atoms with Crippen LogP contribution in [0.2, 0.25) is 0 Å². The quantitative estimate of drug-likeness (QED) is 0.398. The van der Waals surface area contributed by atoms with Gasteiger partial charge in [-0.05, 0) is 40.8 Å². The van der Waals surface area contributed by atoms with Crippen molar-refractivity contribution in [2.45, 2.75) is 31.3 Å². The number of hydrogen-bond acceptors (Lipinski definition) is 2. The van der Waals surface area contributed by atoms with Crippen LogP contribution in [-0.4, -0.2) is 41.8 Å². The van der Waals surface area contributed by atoms with Gasteiger partial charge < -0.3 is 10.4 Å². The molecule has 5 rings (SSSR count). The van der Waals surface area contributed by atoms with Crippen LogP contribution < -0.4 is 5.32 Å². The Hall–Kier alpha value is -0.880. The maximum absolute atomic E-state index is 13.4. The van der Waals surface area contributed by atoms with E-state index in [0.29, 0.717) is 5.69 Å². The van der Waals surface area contributed by atoms with Crippen LogP contribution in [0.5, 0.6) is 0 Å². The minimum atomic E-state index is -2.06. The van der Waals surface area contributed by atoms with Gasteiger partial charge in [0.15, 0.2) is 4.33 Å². The van der Waals surface area contributed by atoms with Crippen LogP contribution >= 0.6 is 69.6 Å². The molecule has 6 unspecified atom stereocenters. The molecule has 0 radical (unpaired) electrons. The maximum Gasteiger partial charge on any atom is 0.309 e. The summed E-state index contributed by atoms with van der Waals surface area (Å²) in [7, 11) is 0. The number of carboxylic acids is 1. The first kappa shape index (κ1) is 22.9. The first-order valence-electron chi connectivity index (χ1n) is 9.75. The highest BCUT2D eigenvalue weighted by atomic mass is 35.5. The minimum Gasteiger partial charge on any atom is -0.481 e. The second-order valence-electron chi connectivity index (χ2n) is 8.40. The van der Waals surface area contributed by atoms with Gasteiger partial charge in [-0.15, -0.1) is 46.4 Å². The maximum atomic E-state index is 13.4. The summed E-state index contributed by atoms with van der Waals surface area (Å²) >= 11 is 39.2. The average Bonchev–Trinajstić information content (AvgIpc) is 3.20. The van der Waals surface area contributed by atoms with Crippen LogP contribution in [-0.2, 0) is 16.0 Å². The van der Waals surface area contributed by atoms with Crippen molar-refractivity contribution in [2.24, 2.45) is 11.8 Å². The van der Waals surface area contributed by atoms with Gasteiger partial charge in [0.1, 0.15) is 9.75 Å². The zero-order valence-electron chi connectivity index (χ0n) is 16.1. The highest BCUT2D eigenvalue weighted by Gasteiger charge is 2.88. The Morgan fingerprint density at radius 2 is 1.47 bits per heavy atom. The van der Waals surface area contributed by atoms with Gasteiger partial charge in [-0.2, -0.15) is 0 Å². The molecule has 1 amide bonds. The van der Waals surface area contributed by atoms with E-state index in [4.69, 9.17) is 69.6 Å². The smallest absolute Gasteiger partial charge is 0.309 e. The van der Waals surface area contributed by atoms with E-state index in [1.54, 1.807) is 6.07 Å². The van der Waals surface area contributed by atoms with Gasteiger partial charge in [-0.1, -0.05) is 53.5 Å². The van der Waals surface area contributed by atoms with E-state index in [2.05, 4.69) is 11.4 Å². The van der Waals surface area contributed by atoms with E-state index in [0.717, 1.165) is 23.1 Å². The second kappa shape index (κ2) is 7.31. The molecule has 0 spiro atoms. The Bertz CT molecular complexity index is 1170. The third-order valence-electron chi connectivity index (χ3n) is 6.87. The first-order valence-corrected chi connectivity index (χ1v) is 12.1. The van der Waals surface area contributed by atoms with E-state index in [1.807, 2.05) is 30.3 Å². The van der Waals surface area contributed by atoms with Crippen molar-refractivity contribution >= 4 is 87.2 Å². The SMILES string of the molecule is O=C(O)C1C(C(=O)Nc2ccc3c(c2)Cc2ccccc2-3)C2(Cl)C(Cl)C(Cl)C1(Cl)C2(Cl)Cl. The Balaban J connectivity index is 1.50. The summed E-state index contributed by atoms with van der Waals surface area (Å²) in [5.41, 5.74) is 4.96. The van der Waals surface area contributed by atoms with Gasteiger partial charge in [-0.3, -0.25) is 9.59 Å². The number of carboxylic acid groups (broad SMARTS) is 1. The predicted octanol–water partition coefficient (Wildman–Crippen LogP) is 5.88. The number of carbonyl (C=O) groups is 2. The molecule has 10 heteroatoms. The van der Waals surface area contributed by atoms with E-state index in [1.165, 1.54) is 5.56 Å². The Morgan fingerprint density at radius 1 is 0.875 bits per heavy atom. The second-order valence-corrected chi connectivity index (χ2v) is 11.9. The predicted molar refractivity (Wildman–Crippen MR) is 129 cm³/mol. The van der Waals surface area contributed by atoms with Crippen LogP contribution in [0.25, 0.3) is 11.1 Å². The van der Waals surface area contributed by atoms with Crippen molar-refractivity contribution in [1.82, 2.24) is 0 Å². The first-order chi connectivity index (χ1) is 15.0. The molecule has 6 atom stereocenters. The molecular weight excluding hydrogens is 539 g/mol. The van der Waals surface area contributed by atoms with Crippen molar-refractivity contribution in [3.05, 3.63) is 53.6 Å². The molecule has 2 aromatic rings. The van der Waals surface area contributed by atoms with Crippen molar-refractivity contribution in [1.29, 1.82) is 0 Å². The molecule has 2 saturated carbocycles. The minimum absolute atomic E-state index is 0.487. The van der Waals surface area contributed by atoms with Gasteiger partial charge in [0.05, 0.1) is 22.6 Å². The highest BCUT2D eigenvalue weighted by Crippen LogP contribution is 2.75. The fourth-order valence-corrected chi connectivity index (χ4v) is 8.74. The lowest BCUT2D eigenvalue weighted by Crippen LogP contribution is -2.56. The molecule has 168 valence electrons. The van der Waals surface area contributed by atoms with Gasteiger partial charge >= 0.3 is 5.97 Å².